The van der Waals surface area contributed by atoms with Gasteiger partial charge >= 0.3 is 0 Å². The summed E-state index contributed by atoms with van der Waals surface area (Å²) in [5.74, 6) is 0. The monoisotopic (exact) mass is 83.0 g/mol. The SMILES string of the molecule is [C]1=COOC=C1. The van der Waals surface area contributed by atoms with Crippen molar-refractivity contribution in [1.82, 2.24) is 0 Å². The summed E-state index contributed by atoms with van der Waals surface area (Å²) in [6, 6.07) is 0. The molecule has 1 heterocycles. The standard InChI is InChI=1S/C4H3O2/c1-2-4-6-5-3-1/h1,3-4H. The molecule has 0 aliphatic carbocycles. The first-order valence-corrected chi connectivity index (χ1v) is 1.55. The van der Waals surface area contributed by atoms with Crippen LogP contribution < -0.4 is 0 Å². The molecule has 0 N–H and O–H groups in total. The van der Waals surface area contributed by atoms with Crippen LogP contribution in [0.4, 0.5) is 0 Å². The molecule has 0 aromatic rings. The maximum atomic E-state index is 4.27. The van der Waals surface area contributed by atoms with Crippen molar-refractivity contribution >= 4 is 0 Å². The van der Waals surface area contributed by atoms with Gasteiger partial charge in [0.1, 0.15) is 6.26 Å². The van der Waals surface area contributed by atoms with Gasteiger partial charge in [0.05, 0.1) is 0 Å². The summed E-state index contributed by atoms with van der Waals surface area (Å²) in [6.07, 6.45) is 6.98. The smallest absolute Gasteiger partial charge is 0.150 e. The number of allylic oxidation sites excluding steroid dienone is 2. The van der Waals surface area contributed by atoms with Gasteiger partial charge in [0.2, 0.25) is 0 Å². The maximum absolute atomic E-state index is 4.27. The van der Waals surface area contributed by atoms with Crippen molar-refractivity contribution in [2.24, 2.45) is 0 Å². The molecule has 0 saturated heterocycles. The minimum Gasteiger partial charge on any atom is -0.299 e. The molecule has 0 unspecified atom stereocenters. The van der Waals surface area contributed by atoms with Crippen LogP contribution in [0.15, 0.2) is 18.6 Å². The summed E-state index contributed by atoms with van der Waals surface area (Å²) in [6.45, 7) is 0. The zero-order chi connectivity index (χ0) is 4.24. The van der Waals surface area contributed by atoms with Crippen molar-refractivity contribution in [2.75, 3.05) is 0 Å². The number of hydrogen-bond donors (Lipinski definition) is 0. The highest BCUT2D eigenvalue weighted by Crippen LogP contribution is 1.88. The molecule has 0 saturated carbocycles. The summed E-state index contributed by atoms with van der Waals surface area (Å²) >= 11 is 0. The summed E-state index contributed by atoms with van der Waals surface area (Å²) < 4.78 is 0. The van der Waals surface area contributed by atoms with E-state index in [1.807, 2.05) is 0 Å². The van der Waals surface area contributed by atoms with E-state index in [-0.39, 0.29) is 0 Å². The van der Waals surface area contributed by atoms with Crippen molar-refractivity contribution in [3.8, 4) is 0 Å². The number of hydrogen-bond acceptors (Lipinski definition) is 2. The van der Waals surface area contributed by atoms with Gasteiger partial charge < -0.3 is 0 Å². The third-order valence-corrected chi connectivity index (χ3v) is 0.392. The van der Waals surface area contributed by atoms with Crippen molar-refractivity contribution in [1.29, 1.82) is 0 Å². The van der Waals surface area contributed by atoms with E-state index in [1.165, 1.54) is 12.5 Å². The molecular formula is C4H3O2. The summed E-state index contributed by atoms with van der Waals surface area (Å²) in [4.78, 5) is 8.52. The lowest BCUT2D eigenvalue weighted by Gasteiger charge is -1.94. The summed E-state index contributed by atoms with van der Waals surface area (Å²) in [5.41, 5.74) is 0. The van der Waals surface area contributed by atoms with Crippen molar-refractivity contribution in [3.05, 3.63) is 24.7 Å². The van der Waals surface area contributed by atoms with Crippen LogP contribution in [0.2, 0.25) is 0 Å². The van der Waals surface area contributed by atoms with E-state index in [0.29, 0.717) is 0 Å². The Morgan fingerprint density at radius 2 is 2.33 bits per heavy atom. The average Bonchev–Trinajstić information content (AvgIpc) is 1.72. The van der Waals surface area contributed by atoms with Crippen LogP contribution >= 0.6 is 0 Å². The van der Waals surface area contributed by atoms with Crippen molar-refractivity contribution < 1.29 is 9.78 Å². The second-order valence-electron chi connectivity index (χ2n) is 0.780. The Bertz CT molecular complexity index is 71.5. The third kappa shape index (κ3) is 0.516. The first kappa shape index (κ1) is 3.28. The first-order valence-electron chi connectivity index (χ1n) is 1.55. The molecule has 1 aliphatic rings. The van der Waals surface area contributed by atoms with Gasteiger partial charge in [0.15, 0.2) is 6.26 Å². The predicted molar refractivity (Wildman–Crippen MR) is 19.1 cm³/mol. The van der Waals surface area contributed by atoms with Gasteiger partial charge in [-0.25, -0.2) is 0 Å². The second kappa shape index (κ2) is 1.50. The molecule has 0 fully saturated rings. The molecule has 31 valence electrons. The Balaban J connectivity index is 2.46. The van der Waals surface area contributed by atoms with Crippen LogP contribution in [0.3, 0.4) is 0 Å². The molecule has 6 heavy (non-hydrogen) atoms. The average molecular weight is 83.1 g/mol. The Morgan fingerprint density at radius 1 is 1.33 bits per heavy atom. The Hall–Kier alpha value is -0.920. The molecule has 0 atom stereocenters. The number of rotatable bonds is 0. The second-order valence-corrected chi connectivity index (χ2v) is 0.780. The van der Waals surface area contributed by atoms with Gasteiger partial charge in [-0.3, -0.25) is 9.78 Å². The lowest BCUT2D eigenvalue weighted by Crippen LogP contribution is -1.79. The fourth-order valence-electron chi connectivity index (χ4n) is 0.194. The highest BCUT2D eigenvalue weighted by molar-refractivity contribution is 4.88. The van der Waals surface area contributed by atoms with E-state index >= 15 is 0 Å². The molecule has 2 nitrogen and oxygen atoms in total. The molecule has 0 spiro atoms. The van der Waals surface area contributed by atoms with Gasteiger partial charge in [-0.2, -0.15) is 0 Å². The summed E-state index contributed by atoms with van der Waals surface area (Å²) in [7, 11) is 0. The van der Waals surface area contributed by atoms with Gasteiger partial charge in [0.25, 0.3) is 0 Å². The quantitative estimate of drug-likeness (QED) is 0.403. The highest BCUT2D eigenvalue weighted by Gasteiger charge is 1.76. The molecule has 0 bridgehead atoms. The topological polar surface area (TPSA) is 18.5 Å². The van der Waals surface area contributed by atoms with E-state index in [4.69, 9.17) is 0 Å². The van der Waals surface area contributed by atoms with Gasteiger partial charge in [-0.05, 0) is 6.08 Å². The van der Waals surface area contributed by atoms with E-state index in [0.717, 1.165) is 0 Å². The Labute approximate surface area is 35.6 Å². The molecule has 0 amide bonds. The minimum atomic E-state index is 1.33. The Morgan fingerprint density at radius 3 is 2.50 bits per heavy atom. The fraction of sp³-hybridized carbons (Fsp3) is 0. The third-order valence-electron chi connectivity index (χ3n) is 0.392. The molecule has 1 aliphatic heterocycles. The fourth-order valence-corrected chi connectivity index (χ4v) is 0.194. The molecule has 1 rings (SSSR count). The van der Waals surface area contributed by atoms with E-state index in [9.17, 15) is 0 Å². The van der Waals surface area contributed by atoms with Crippen LogP contribution in [0.1, 0.15) is 0 Å². The predicted octanol–water partition coefficient (Wildman–Crippen LogP) is 0.779. The van der Waals surface area contributed by atoms with Crippen LogP contribution in [0.5, 0.6) is 0 Å². The van der Waals surface area contributed by atoms with Gasteiger partial charge in [-0.1, -0.05) is 0 Å². The highest BCUT2D eigenvalue weighted by atomic mass is 17.2. The van der Waals surface area contributed by atoms with Crippen molar-refractivity contribution in [3.63, 3.8) is 0 Å². The van der Waals surface area contributed by atoms with E-state index in [1.54, 1.807) is 6.08 Å². The van der Waals surface area contributed by atoms with Gasteiger partial charge in [0, 0.05) is 6.08 Å². The van der Waals surface area contributed by atoms with Crippen LogP contribution in [-0.4, -0.2) is 0 Å². The van der Waals surface area contributed by atoms with Crippen molar-refractivity contribution in [2.45, 2.75) is 0 Å². The molecule has 2 heteroatoms. The maximum Gasteiger partial charge on any atom is 0.150 e. The van der Waals surface area contributed by atoms with Crippen LogP contribution in [0, 0.1) is 6.08 Å². The largest absolute Gasteiger partial charge is 0.299 e. The summed E-state index contributed by atoms with van der Waals surface area (Å²) in [5, 5.41) is 0. The first-order chi connectivity index (χ1) is 3.00. The molecule has 1 radical (unpaired) electrons. The molecular weight excluding hydrogens is 80.0 g/mol. The zero-order valence-electron chi connectivity index (χ0n) is 3.05. The lowest BCUT2D eigenvalue weighted by molar-refractivity contribution is -0.199. The minimum absolute atomic E-state index is 1.33. The normalized spacial score (nSPS) is 16.0. The lowest BCUT2D eigenvalue weighted by atomic mass is 10.6. The van der Waals surface area contributed by atoms with E-state index in [2.05, 4.69) is 15.9 Å². The molecule has 0 aromatic heterocycles. The van der Waals surface area contributed by atoms with Gasteiger partial charge in [-0.15, -0.1) is 0 Å². The molecule has 0 aromatic carbocycles. The van der Waals surface area contributed by atoms with Crippen LogP contribution in [0.25, 0.3) is 0 Å². The Kier molecular flexibility index (Phi) is 0.819. The van der Waals surface area contributed by atoms with Crippen LogP contribution in [-0.2, 0) is 9.78 Å². The zero-order valence-corrected chi connectivity index (χ0v) is 3.05. The van der Waals surface area contributed by atoms with E-state index < -0.39 is 0 Å².